The fourth-order valence-electron chi connectivity index (χ4n) is 3.93. The second-order valence-electron chi connectivity index (χ2n) is 7.76. The summed E-state index contributed by atoms with van der Waals surface area (Å²) < 4.78 is 10.8. The summed E-state index contributed by atoms with van der Waals surface area (Å²) in [6.45, 7) is 8.31. The first kappa shape index (κ1) is 21.2. The van der Waals surface area contributed by atoms with Gasteiger partial charge in [-0.15, -0.1) is 0 Å². The molecule has 0 unspecified atom stereocenters. The van der Waals surface area contributed by atoms with Crippen molar-refractivity contribution in [1.82, 2.24) is 9.80 Å². The average Bonchev–Trinajstić information content (AvgIpc) is 2.73. The van der Waals surface area contributed by atoms with Gasteiger partial charge in [0.2, 0.25) is 5.91 Å². The van der Waals surface area contributed by atoms with E-state index in [0.29, 0.717) is 6.42 Å². The molecular weight excluding hydrogens is 364 g/mol. The number of piperazine rings is 1. The quantitative estimate of drug-likeness (QED) is 0.717. The summed E-state index contributed by atoms with van der Waals surface area (Å²) in [4.78, 5) is 17.0. The van der Waals surface area contributed by atoms with Crippen LogP contribution in [0.5, 0.6) is 11.5 Å². The molecule has 2 aromatic rings. The van der Waals surface area contributed by atoms with Gasteiger partial charge in [0.05, 0.1) is 14.2 Å². The summed E-state index contributed by atoms with van der Waals surface area (Å²) in [5.41, 5.74) is 4.92. The monoisotopic (exact) mass is 396 g/mol. The molecule has 0 radical (unpaired) electrons. The van der Waals surface area contributed by atoms with Gasteiger partial charge in [-0.2, -0.15) is 0 Å². The maximum atomic E-state index is 12.7. The Labute approximate surface area is 174 Å². The SMILES string of the molecule is COc1ccc(OC)c(CN2CCN(C(=O)CCc3ccc(C)cc3C)CC2)c1. The molecular formula is C24H32N2O3. The highest BCUT2D eigenvalue weighted by atomic mass is 16.5. The summed E-state index contributed by atoms with van der Waals surface area (Å²) in [7, 11) is 3.37. The van der Waals surface area contributed by atoms with Crippen molar-refractivity contribution >= 4 is 5.91 Å². The van der Waals surface area contributed by atoms with Crippen LogP contribution in [-0.2, 0) is 17.8 Å². The van der Waals surface area contributed by atoms with Crippen molar-refractivity contribution < 1.29 is 14.3 Å². The third-order valence-electron chi connectivity index (χ3n) is 5.71. The van der Waals surface area contributed by atoms with Crippen molar-refractivity contribution in [2.24, 2.45) is 0 Å². The van der Waals surface area contributed by atoms with Crippen LogP contribution in [0.3, 0.4) is 0 Å². The molecule has 1 amide bonds. The van der Waals surface area contributed by atoms with Gasteiger partial charge in [0.25, 0.3) is 0 Å². The average molecular weight is 397 g/mol. The van der Waals surface area contributed by atoms with Gasteiger partial charge in [0.1, 0.15) is 11.5 Å². The Balaban J connectivity index is 1.50. The molecule has 156 valence electrons. The van der Waals surface area contributed by atoms with Gasteiger partial charge in [-0.3, -0.25) is 9.69 Å². The summed E-state index contributed by atoms with van der Waals surface area (Å²) in [6, 6.07) is 12.3. The number of nitrogens with zero attached hydrogens (tertiary/aromatic N) is 2. The number of hydrogen-bond acceptors (Lipinski definition) is 4. The van der Waals surface area contributed by atoms with Crippen molar-refractivity contribution in [3.05, 3.63) is 58.7 Å². The van der Waals surface area contributed by atoms with E-state index >= 15 is 0 Å². The van der Waals surface area contributed by atoms with E-state index in [-0.39, 0.29) is 5.91 Å². The number of rotatable bonds is 7. The van der Waals surface area contributed by atoms with Crippen molar-refractivity contribution in [2.75, 3.05) is 40.4 Å². The third-order valence-corrected chi connectivity index (χ3v) is 5.71. The Morgan fingerprint density at radius 2 is 1.69 bits per heavy atom. The van der Waals surface area contributed by atoms with Crippen molar-refractivity contribution in [1.29, 1.82) is 0 Å². The molecule has 2 aromatic carbocycles. The van der Waals surface area contributed by atoms with Crippen molar-refractivity contribution in [2.45, 2.75) is 33.2 Å². The van der Waals surface area contributed by atoms with Gasteiger partial charge in [-0.05, 0) is 49.6 Å². The molecule has 5 nitrogen and oxygen atoms in total. The molecule has 0 bridgehead atoms. The zero-order valence-corrected chi connectivity index (χ0v) is 18.0. The number of aryl methyl sites for hydroxylation is 3. The van der Waals surface area contributed by atoms with E-state index < -0.39 is 0 Å². The molecule has 0 spiro atoms. The number of hydrogen-bond donors (Lipinski definition) is 0. The van der Waals surface area contributed by atoms with Crippen molar-refractivity contribution in [3.8, 4) is 11.5 Å². The van der Waals surface area contributed by atoms with Gasteiger partial charge in [-0.1, -0.05) is 23.8 Å². The molecule has 1 saturated heterocycles. The molecule has 1 aliphatic heterocycles. The Bertz CT molecular complexity index is 842. The minimum Gasteiger partial charge on any atom is -0.497 e. The maximum absolute atomic E-state index is 12.7. The van der Waals surface area contributed by atoms with Crippen LogP contribution in [0, 0.1) is 13.8 Å². The summed E-state index contributed by atoms with van der Waals surface area (Å²) in [6.07, 6.45) is 1.39. The zero-order valence-electron chi connectivity index (χ0n) is 18.0. The number of carbonyl (C=O) groups excluding carboxylic acids is 1. The van der Waals surface area contributed by atoms with E-state index in [0.717, 1.165) is 56.2 Å². The van der Waals surface area contributed by atoms with E-state index in [9.17, 15) is 4.79 Å². The van der Waals surface area contributed by atoms with Gasteiger partial charge in [0, 0.05) is 44.7 Å². The third kappa shape index (κ3) is 5.51. The van der Waals surface area contributed by atoms with Gasteiger partial charge in [0.15, 0.2) is 0 Å². The van der Waals surface area contributed by atoms with Crippen LogP contribution in [0.4, 0.5) is 0 Å². The van der Waals surface area contributed by atoms with Gasteiger partial charge in [-0.25, -0.2) is 0 Å². The van der Waals surface area contributed by atoms with Crippen LogP contribution < -0.4 is 9.47 Å². The van der Waals surface area contributed by atoms with Gasteiger partial charge < -0.3 is 14.4 Å². The molecule has 1 heterocycles. The predicted octanol–water partition coefficient (Wildman–Crippen LogP) is 3.60. The number of carbonyl (C=O) groups is 1. The standard InChI is InChI=1S/C24H32N2O3/c1-18-5-6-20(19(2)15-18)7-10-24(27)26-13-11-25(12-14-26)17-21-16-22(28-3)8-9-23(21)29-4/h5-6,8-9,15-16H,7,10-14,17H2,1-4H3. The largest absolute Gasteiger partial charge is 0.497 e. The summed E-state index contributed by atoms with van der Waals surface area (Å²) in [5.74, 6) is 1.96. The molecule has 0 atom stereocenters. The lowest BCUT2D eigenvalue weighted by Gasteiger charge is -2.35. The van der Waals surface area contributed by atoms with Crippen LogP contribution in [0.1, 0.15) is 28.7 Å². The van der Waals surface area contributed by atoms with Crippen LogP contribution in [-0.4, -0.2) is 56.1 Å². The first-order chi connectivity index (χ1) is 14.0. The molecule has 1 fully saturated rings. The Morgan fingerprint density at radius 3 is 2.34 bits per heavy atom. The van der Waals surface area contributed by atoms with Crippen LogP contribution >= 0.6 is 0 Å². The zero-order chi connectivity index (χ0) is 20.8. The highest BCUT2D eigenvalue weighted by Gasteiger charge is 2.22. The lowest BCUT2D eigenvalue weighted by Crippen LogP contribution is -2.48. The Kier molecular flexibility index (Phi) is 7.15. The molecule has 0 aliphatic carbocycles. The Morgan fingerprint density at radius 1 is 0.931 bits per heavy atom. The smallest absolute Gasteiger partial charge is 0.222 e. The predicted molar refractivity (Wildman–Crippen MR) is 116 cm³/mol. The molecule has 3 rings (SSSR count). The van der Waals surface area contributed by atoms with Crippen LogP contribution in [0.2, 0.25) is 0 Å². The van der Waals surface area contributed by atoms with E-state index in [1.807, 2.05) is 23.1 Å². The van der Waals surface area contributed by atoms with E-state index in [4.69, 9.17) is 9.47 Å². The van der Waals surface area contributed by atoms with Crippen molar-refractivity contribution in [3.63, 3.8) is 0 Å². The number of ether oxygens (including phenoxy) is 2. The van der Waals surface area contributed by atoms with E-state index in [1.165, 1.54) is 16.7 Å². The lowest BCUT2D eigenvalue weighted by atomic mass is 10.0. The van der Waals surface area contributed by atoms with E-state index in [2.05, 4.69) is 36.9 Å². The molecule has 29 heavy (non-hydrogen) atoms. The molecule has 0 saturated carbocycles. The second kappa shape index (κ2) is 9.79. The van der Waals surface area contributed by atoms with Gasteiger partial charge >= 0.3 is 0 Å². The highest BCUT2D eigenvalue weighted by molar-refractivity contribution is 5.76. The second-order valence-corrected chi connectivity index (χ2v) is 7.76. The highest BCUT2D eigenvalue weighted by Crippen LogP contribution is 2.25. The first-order valence-corrected chi connectivity index (χ1v) is 10.3. The number of amides is 1. The molecule has 5 heteroatoms. The normalized spacial score (nSPS) is 14.7. The fourth-order valence-corrected chi connectivity index (χ4v) is 3.93. The molecule has 0 N–H and O–H groups in total. The summed E-state index contributed by atoms with van der Waals surface area (Å²) in [5, 5.41) is 0. The topological polar surface area (TPSA) is 42.0 Å². The molecule has 0 aromatic heterocycles. The minimum atomic E-state index is 0.253. The number of benzene rings is 2. The minimum absolute atomic E-state index is 0.253. The lowest BCUT2D eigenvalue weighted by molar-refractivity contribution is -0.133. The summed E-state index contributed by atoms with van der Waals surface area (Å²) >= 11 is 0. The number of methoxy groups -OCH3 is 2. The Hall–Kier alpha value is -2.53. The maximum Gasteiger partial charge on any atom is 0.222 e. The van der Waals surface area contributed by atoms with Crippen LogP contribution in [0.15, 0.2) is 36.4 Å². The van der Waals surface area contributed by atoms with Crippen LogP contribution in [0.25, 0.3) is 0 Å². The van der Waals surface area contributed by atoms with E-state index in [1.54, 1.807) is 14.2 Å². The first-order valence-electron chi connectivity index (χ1n) is 10.3. The fraction of sp³-hybridized carbons (Fsp3) is 0.458. The molecule has 1 aliphatic rings.